The van der Waals surface area contributed by atoms with Crippen LogP contribution in [-0.2, 0) is 20.8 Å². The van der Waals surface area contributed by atoms with Gasteiger partial charge in [0.2, 0.25) is 17.7 Å². The minimum atomic E-state index is -0.708. The molecule has 1 saturated heterocycles. The third kappa shape index (κ3) is 6.03. The SMILES string of the molecule is CNC(=O)[C@H](Cc1ccncc1)NC(=O)[C@@H]1CC(C2CCCCC2)CN1C(=O)CCN. The van der Waals surface area contributed by atoms with Gasteiger partial charge in [0.25, 0.3) is 0 Å². The van der Waals surface area contributed by atoms with Gasteiger partial charge >= 0.3 is 0 Å². The third-order valence-electron chi connectivity index (χ3n) is 6.70. The van der Waals surface area contributed by atoms with Gasteiger partial charge in [-0.3, -0.25) is 19.4 Å². The Kier molecular flexibility index (Phi) is 8.40. The Morgan fingerprint density at radius 3 is 2.52 bits per heavy atom. The molecule has 1 aliphatic heterocycles. The van der Waals surface area contributed by atoms with Crippen LogP contribution in [-0.4, -0.2) is 59.8 Å². The summed E-state index contributed by atoms with van der Waals surface area (Å²) in [6, 6.07) is 2.40. The first-order valence-corrected chi connectivity index (χ1v) is 11.4. The van der Waals surface area contributed by atoms with Crippen LogP contribution >= 0.6 is 0 Å². The lowest BCUT2D eigenvalue weighted by atomic mass is 9.79. The third-order valence-corrected chi connectivity index (χ3v) is 6.70. The van der Waals surface area contributed by atoms with E-state index in [1.165, 1.54) is 32.1 Å². The van der Waals surface area contributed by atoms with Crippen LogP contribution in [0.5, 0.6) is 0 Å². The monoisotopic (exact) mass is 429 g/mol. The second kappa shape index (κ2) is 11.2. The summed E-state index contributed by atoms with van der Waals surface area (Å²) >= 11 is 0. The van der Waals surface area contributed by atoms with Crippen LogP contribution in [0, 0.1) is 11.8 Å². The summed E-state index contributed by atoms with van der Waals surface area (Å²) in [5.74, 6) is 0.299. The zero-order chi connectivity index (χ0) is 22.2. The average molecular weight is 430 g/mol. The number of amides is 3. The van der Waals surface area contributed by atoms with Crippen molar-refractivity contribution in [1.29, 1.82) is 0 Å². The molecule has 0 radical (unpaired) electrons. The van der Waals surface area contributed by atoms with Crippen LogP contribution in [0.15, 0.2) is 24.5 Å². The topological polar surface area (TPSA) is 117 Å². The highest BCUT2D eigenvalue weighted by molar-refractivity contribution is 5.92. The molecular weight excluding hydrogens is 394 g/mol. The smallest absolute Gasteiger partial charge is 0.243 e. The molecule has 1 aromatic rings. The van der Waals surface area contributed by atoms with Crippen molar-refractivity contribution in [2.24, 2.45) is 17.6 Å². The maximum Gasteiger partial charge on any atom is 0.243 e. The second-order valence-electron chi connectivity index (χ2n) is 8.73. The van der Waals surface area contributed by atoms with Crippen molar-refractivity contribution < 1.29 is 14.4 Å². The van der Waals surface area contributed by atoms with Crippen LogP contribution in [0.25, 0.3) is 0 Å². The number of likely N-dealkylation sites (tertiary alicyclic amines) is 1. The Hall–Kier alpha value is -2.48. The van der Waals surface area contributed by atoms with Gasteiger partial charge in [0.05, 0.1) is 0 Å². The first kappa shape index (κ1) is 23.2. The van der Waals surface area contributed by atoms with Crippen LogP contribution in [0.4, 0.5) is 0 Å². The fourth-order valence-corrected chi connectivity index (χ4v) is 5.01. The highest BCUT2D eigenvalue weighted by Gasteiger charge is 2.42. The molecule has 3 amide bonds. The minimum absolute atomic E-state index is 0.0772. The lowest BCUT2D eigenvalue weighted by Crippen LogP contribution is -2.53. The molecule has 0 aromatic carbocycles. The van der Waals surface area contributed by atoms with Gasteiger partial charge in [-0.05, 0) is 36.0 Å². The molecule has 1 saturated carbocycles. The molecule has 170 valence electrons. The second-order valence-corrected chi connectivity index (χ2v) is 8.73. The molecule has 1 aliphatic carbocycles. The number of nitrogens with two attached hydrogens (primary N) is 1. The Bertz CT molecular complexity index is 751. The van der Waals surface area contributed by atoms with Gasteiger partial charge in [-0.1, -0.05) is 32.1 Å². The number of aromatic nitrogens is 1. The summed E-state index contributed by atoms with van der Waals surface area (Å²) < 4.78 is 0. The first-order valence-electron chi connectivity index (χ1n) is 11.4. The van der Waals surface area contributed by atoms with Crippen LogP contribution in [0.3, 0.4) is 0 Å². The Morgan fingerprint density at radius 2 is 1.87 bits per heavy atom. The number of hydrogen-bond acceptors (Lipinski definition) is 5. The number of carbonyl (C=O) groups excluding carboxylic acids is 3. The van der Waals surface area contributed by atoms with E-state index in [4.69, 9.17) is 5.73 Å². The fourth-order valence-electron chi connectivity index (χ4n) is 5.01. The highest BCUT2D eigenvalue weighted by atomic mass is 16.2. The van der Waals surface area contributed by atoms with Crippen molar-refractivity contribution >= 4 is 17.7 Å². The van der Waals surface area contributed by atoms with E-state index in [9.17, 15) is 14.4 Å². The zero-order valence-corrected chi connectivity index (χ0v) is 18.4. The van der Waals surface area contributed by atoms with Gasteiger partial charge < -0.3 is 21.3 Å². The van der Waals surface area contributed by atoms with Crippen molar-refractivity contribution in [3.8, 4) is 0 Å². The van der Waals surface area contributed by atoms with Crippen molar-refractivity contribution in [3.05, 3.63) is 30.1 Å². The van der Waals surface area contributed by atoms with E-state index in [1.807, 2.05) is 12.1 Å². The normalized spacial score (nSPS) is 22.7. The van der Waals surface area contributed by atoms with E-state index < -0.39 is 12.1 Å². The summed E-state index contributed by atoms with van der Waals surface area (Å²) in [6.07, 6.45) is 10.6. The summed E-state index contributed by atoms with van der Waals surface area (Å²) in [4.78, 5) is 44.2. The van der Waals surface area contributed by atoms with E-state index in [1.54, 1.807) is 24.3 Å². The summed E-state index contributed by atoms with van der Waals surface area (Å²) in [5, 5.41) is 5.54. The van der Waals surface area contributed by atoms with E-state index in [-0.39, 0.29) is 30.7 Å². The standard InChI is InChI=1S/C23H35N5O3/c1-25-22(30)19(13-16-8-11-26-12-9-16)27-23(31)20-14-18(17-5-3-2-4-6-17)15-28(20)21(29)7-10-24/h8-9,11-12,17-20H,2-7,10,13-15,24H2,1H3,(H,25,30)(H,27,31)/t18?,19-,20-/m0/s1. The minimum Gasteiger partial charge on any atom is -0.357 e. The number of likely N-dealkylation sites (N-methyl/N-ethyl adjacent to an activating group) is 1. The highest BCUT2D eigenvalue weighted by Crippen LogP contribution is 2.37. The maximum absolute atomic E-state index is 13.3. The average Bonchev–Trinajstić information content (AvgIpc) is 3.25. The van der Waals surface area contributed by atoms with Gasteiger partial charge in [-0.2, -0.15) is 0 Å². The zero-order valence-electron chi connectivity index (χ0n) is 18.4. The fraction of sp³-hybridized carbons (Fsp3) is 0.652. The number of nitrogens with one attached hydrogen (secondary N) is 2. The van der Waals surface area contributed by atoms with Gasteiger partial charge in [0.15, 0.2) is 0 Å². The lowest BCUT2D eigenvalue weighted by molar-refractivity contribution is -0.139. The molecule has 2 fully saturated rings. The lowest BCUT2D eigenvalue weighted by Gasteiger charge is -2.27. The molecule has 8 heteroatoms. The van der Waals surface area contributed by atoms with E-state index >= 15 is 0 Å². The largest absolute Gasteiger partial charge is 0.357 e. The maximum atomic E-state index is 13.3. The van der Waals surface area contributed by atoms with Crippen LogP contribution in [0.2, 0.25) is 0 Å². The summed E-state index contributed by atoms with van der Waals surface area (Å²) in [7, 11) is 1.56. The predicted octanol–water partition coefficient (Wildman–Crippen LogP) is 1.00. The van der Waals surface area contributed by atoms with E-state index in [2.05, 4.69) is 15.6 Å². The molecular formula is C23H35N5O3. The van der Waals surface area contributed by atoms with Crippen molar-refractivity contribution in [1.82, 2.24) is 20.5 Å². The molecule has 2 aliphatic rings. The van der Waals surface area contributed by atoms with Gasteiger partial charge in [-0.25, -0.2) is 0 Å². The Morgan fingerprint density at radius 1 is 1.16 bits per heavy atom. The number of nitrogens with zero attached hydrogens (tertiary/aromatic N) is 2. The molecule has 0 bridgehead atoms. The molecule has 1 unspecified atom stereocenters. The molecule has 0 spiro atoms. The molecule has 3 rings (SSSR count). The van der Waals surface area contributed by atoms with Gasteiger partial charge in [0.1, 0.15) is 12.1 Å². The molecule has 31 heavy (non-hydrogen) atoms. The number of carbonyl (C=O) groups is 3. The quantitative estimate of drug-likeness (QED) is 0.570. The summed E-state index contributed by atoms with van der Waals surface area (Å²) in [6.45, 7) is 0.872. The van der Waals surface area contributed by atoms with Crippen LogP contribution in [0.1, 0.15) is 50.5 Å². The Balaban J connectivity index is 1.73. The number of rotatable bonds is 8. The van der Waals surface area contributed by atoms with E-state index in [0.29, 0.717) is 31.2 Å². The molecule has 3 atom stereocenters. The van der Waals surface area contributed by atoms with Gasteiger partial charge in [-0.15, -0.1) is 0 Å². The van der Waals surface area contributed by atoms with Crippen LogP contribution < -0.4 is 16.4 Å². The predicted molar refractivity (Wildman–Crippen MR) is 118 cm³/mol. The van der Waals surface area contributed by atoms with Crippen molar-refractivity contribution in [2.45, 2.75) is 63.5 Å². The number of hydrogen-bond donors (Lipinski definition) is 3. The molecule has 2 heterocycles. The molecule has 8 nitrogen and oxygen atoms in total. The Labute approximate surface area is 184 Å². The van der Waals surface area contributed by atoms with Crippen molar-refractivity contribution in [2.75, 3.05) is 20.1 Å². The van der Waals surface area contributed by atoms with E-state index in [0.717, 1.165) is 5.56 Å². The first-order chi connectivity index (χ1) is 15.0. The molecule has 1 aromatic heterocycles. The number of pyridine rings is 1. The summed E-state index contributed by atoms with van der Waals surface area (Å²) in [5.41, 5.74) is 6.52. The van der Waals surface area contributed by atoms with Gasteiger partial charge in [0, 0.05) is 45.4 Å². The van der Waals surface area contributed by atoms with Crippen molar-refractivity contribution in [3.63, 3.8) is 0 Å². The molecule has 4 N–H and O–H groups in total.